The van der Waals surface area contributed by atoms with Gasteiger partial charge < -0.3 is 20.0 Å². The molecule has 1 unspecified atom stereocenters. The molecule has 2 rings (SSSR count). The monoisotopic (exact) mass is 535 g/mol. The van der Waals surface area contributed by atoms with Gasteiger partial charge in [0.1, 0.15) is 5.82 Å². The number of amides is 1. The first-order valence-electron chi connectivity index (χ1n) is 14.7. The fourth-order valence-corrected chi connectivity index (χ4v) is 4.92. The molecular weight excluding hydrogens is 486 g/mol. The lowest BCUT2D eigenvalue weighted by atomic mass is 10.0. The zero-order valence-electron chi connectivity index (χ0n) is 23.6. The molecule has 0 aliphatic carbocycles. The number of piperazine rings is 1. The van der Waals surface area contributed by atoms with E-state index < -0.39 is 11.0 Å². The van der Waals surface area contributed by atoms with Gasteiger partial charge in [0.05, 0.1) is 18.7 Å². The van der Waals surface area contributed by atoms with Gasteiger partial charge in [-0.1, -0.05) is 64.2 Å². The van der Waals surface area contributed by atoms with Crippen molar-refractivity contribution in [3.63, 3.8) is 0 Å². The molecule has 0 aromatic carbocycles. The van der Waals surface area contributed by atoms with Gasteiger partial charge in [0.2, 0.25) is 0 Å². The average molecular weight is 536 g/mol. The second-order valence-electron chi connectivity index (χ2n) is 10.7. The van der Waals surface area contributed by atoms with Gasteiger partial charge in [-0.2, -0.15) is 0 Å². The van der Waals surface area contributed by atoms with Gasteiger partial charge >= 0.3 is 5.91 Å². The maximum absolute atomic E-state index is 12.5. The van der Waals surface area contributed by atoms with Crippen LogP contribution in [0.15, 0.2) is 18.3 Å². The van der Waals surface area contributed by atoms with Crippen molar-refractivity contribution in [1.29, 1.82) is 0 Å². The molecule has 10 heteroatoms. The van der Waals surface area contributed by atoms with Crippen LogP contribution in [-0.4, -0.2) is 66.3 Å². The predicted molar refractivity (Wildman–Crippen MR) is 150 cm³/mol. The molecule has 0 saturated carbocycles. The topological polar surface area (TPSA) is 116 Å². The summed E-state index contributed by atoms with van der Waals surface area (Å²) in [5.41, 5.74) is 0.392. The summed E-state index contributed by atoms with van der Waals surface area (Å²) in [6.45, 7) is 8.81. The van der Waals surface area contributed by atoms with Crippen molar-refractivity contribution in [2.45, 2.75) is 103 Å². The van der Waals surface area contributed by atoms with Crippen molar-refractivity contribution in [1.82, 2.24) is 9.88 Å². The fourth-order valence-electron chi connectivity index (χ4n) is 4.92. The Morgan fingerprint density at radius 3 is 1.92 bits per heavy atom. The summed E-state index contributed by atoms with van der Waals surface area (Å²) in [5, 5.41) is 21.4. The normalized spacial score (nSPS) is 15.1. The second-order valence-corrected chi connectivity index (χ2v) is 10.7. The van der Waals surface area contributed by atoms with E-state index in [1.54, 1.807) is 12.3 Å². The van der Waals surface area contributed by atoms with Crippen molar-refractivity contribution in [3.05, 3.63) is 39.2 Å². The van der Waals surface area contributed by atoms with Gasteiger partial charge in [0, 0.05) is 38.4 Å². The minimum Gasteiger partial charge on any atom is -0.626 e. The molecule has 1 fully saturated rings. The van der Waals surface area contributed by atoms with Crippen LogP contribution in [0.1, 0.15) is 108 Å². The molecule has 0 radical (unpaired) electrons. The third kappa shape index (κ3) is 13.0. The maximum Gasteiger partial charge on any atom is 0.345 e. The zero-order chi connectivity index (χ0) is 27.6. The number of carbonyl (C=O) groups excluding carboxylic acids is 1. The Labute approximate surface area is 228 Å². The molecule has 2 heterocycles. The van der Waals surface area contributed by atoms with E-state index in [1.165, 1.54) is 44.9 Å². The quantitative estimate of drug-likeness (QED) is 0.148. The number of hydroxylamine groups is 2. The Morgan fingerprint density at radius 1 is 0.921 bits per heavy atom. The standard InChI is InChI=1S/C28H49N5O5/c1-25(2)30-19-21-31(22-20-30)27-17-16-26(24-29-27)28(34)32(35)18-14-12-10-8-6-4-3-5-7-9-11-13-15-23-38-33(36)37/h16-17,24-25,32H,3-15,18-23H2,1-2H3. The number of pyridine rings is 1. The average Bonchev–Trinajstić information content (AvgIpc) is 2.92. The van der Waals surface area contributed by atoms with Crippen LogP contribution in [0.5, 0.6) is 0 Å². The van der Waals surface area contributed by atoms with E-state index in [2.05, 4.69) is 33.5 Å². The SMILES string of the molecule is CC(C)N1CCN(c2ccc(C(=O)[NH+]([O-])CCCCCCCCCCCCCCCO[N+](=O)[O-])cn2)CC1. The highest BCUT2D eigenvalue weighted by molar-refractivity contribution is 5.87. The highest BCUT2D eigenvalue weighted by atomic mass is 16.9. The first-order valence-corrected chi connectivity index (χ1v) is 14.7. The predicted octanol–water partition coefficient (Wildman–Crippen LogP) is 4.41. The molecule has 0 bridgehead atoms. The molecule has 0 spiro atoms. The van der Waals surface area contributed by atoms with Crippen LogP contribution in [0.3, 0.4) is 0 Å². The Hall–Kier alpha value is -2.30. The molecule has 1 aliphatic heterocycles. The molecule has 1 N–H and O–H groups in total. The Bertz CT molecular complexity index is 784. The van der Waals surface area contributed by atoms with Crippen LogP contribution in [0.2, 0.25) is 0 Å². The Kier molecular flexibility index (Phi) is 15.8. The Morgan fingerprint density at radius 2 is 1.45 bits per heavy atom. The van der Waals surface area contributed by atoms with E-state index in [-0.39, 0.29) is 11.7 Å². The molecule has 1 aromatic heterocycles. The van der Waals surface area contributed by atoms with Crippen molar-refractivity contribution in [3.8, 4) is 0 Å². The number of unbranched alkanes of at least 4 members (excludes halogenated alkanes) is 12. The number of hydrogen-bond donors (Lipinski definition) is 1. The molecule has 1 amide bonds. The van der Waals surface area contributed by atoms with E-state index in [0.717, 1.165) is 70.5 Å². The van der Waals surface area contributed by atoms with E-state index in [4.69, 9.17) is 0 Å². The van der Waals surface area contributed by atoms with Crippen molar-refractivity contribution >= 4 is 11.7 Å². The minimum absolute atomic E-state index is 0.208. The number of quaternary nitrogens is 1. The molecule has 216 valence electrons. The summed E-state index contributed by atoms with van der Waals surface area (Å²) in [7, 11) is 0. The lowest BCUT2D eigenvalue weighted by molar-refractivity contribution is -0.757. The first-order chi connectivity index (χ1) is 18.4. The van der Waals surface area contributed by atoms with Crippen molar-refractivity contribution < 1.29 is 19.8 Å². The summed E-state index contributed by atoms with van der Waals surface area (Å²) < 4.78 is 0. The highest BCUT2D eigenvalue weighted by Crippen LogP contribution is 2.15. The summed E-state index contributed by atoms with van der Waals surface area (Å²) in [4.78, 5) is 36.0. The number of hydrogen-bond acceptors (Lipinski definition) is 8. The number of carbonyl (C=O) groups is 1. The van der Waals surface area contributed by atoms with E-state index in [1.807, 2.05) is 6.07 Å². The van der Waals surface area contributed by atoms with Gasteiger partial charge in [-0.05, 0) is 45.2 Å². The zero-order valence-corrected chi connectivity index (χ0v) is 23.6. The summed E-state index contributed by atoms with van der Waals surface area (Å²) in [6.07, 6.45) is 15.8. The van der Waals surface area contributed by atoms with Gasteiger partial charge in [0.15, 0.2) is 0 Å². The van der Waals surface area contributed by atoms with Crippen molar-refractivity contribution in [2.24, 2.45) is 0 Å². The number of anilines is 1. The lowest BCUT2D eigenvalue weighted by Gasteiger charge is -2.37. The largest absolute Gasteiger partial charge is 0.626 e. The molecule has 1 atom stereocenters. The maximum atomic E-state index is 12.5. The second kappa shape index (κ2) is 18.9. The molecule has 38 heavy (non-hydrogen) atoms. The number of aromatic nitrogens is 1. The molecule has 1 aliphatic rings. The van der Waals surface area contributed by atoms with Gasteiger partial charge in [-0.15, -0.1) is 10.1 Å². The smallest absolute Gasteiger partial charge is 0.345 e. The molecule has 1 saturated heterocycles. The number of nitrogens with zero attached hydrogens (tertiary/aromatic N) is 4. The van der Waals surface area contributed by atoms with Gasteiger partial charge in [-0.3, -0.25) is 4.90 Å². The number of nitrogens with one attached hydrogen (secondary N) is 1. The number of rotatable bonds is 20. The molecule has 10 nitrogen and oxygen atoms in total. The molecular formula is C28H49N5O5. The first kappa shape index (κ1) is 31.9. The summed E-state index contributed by atoms with van der Waals surface area (Å²) >= 11 is 0. The van der Waals surface area contributed by atoms with Crippen LogP contribution >= 0.6 is 0 Å². The summed E-state index contributed by atoms with van der Waals surface area (Å²) in [6, 6.07) is 4.16. The van der Waals surface area contributed by atoms with Crippen LogP contribution in [-0.2, 0) is 4.84 Å². The van der Waals surface area contributed by atoms with Gasteiger partial charge in [-0.25, -0.2) is 9.78 Å². The van der Waals surface area contributed by atoms with Crippen LogP contribution < -0.4 is 9.96 Å². The van der Waals surface area contributed by atoms with Crippen LogP contribution in [0.4, 0.5) is 5.82 Å². The third-order valence-electron chi connectivity index (χ3n) is 7.38. The van der Waals surface area contributed by atoms with E-state index >= 15 is 0 Å². The van der Waals surface area contributed by atoms with Crippen LogP contribution in [0.25, 0.3) is 0 Å². The third-order valence-corrected chi connectivity index (χ3v) is 7.38. The van der Waals surface area contributed by atoms with Crippen molar-refractivity contribution in [2.75, 3.05) is 44.2 Å². The Balaban J connectivity index is 1.45. The molecule has 1 aromatic rings. The highest BCUT2D eigenvalue weighted by Gasteiger charge is 2.21. The van der Waals surface area contributed by atoms with Crippen LogP contribution in [0, 0.1) is 15.3 Å². The minimum atomic E-state index is -0.727. The lowest BCUT2D eigenvalue weighted by Crippen LogP contribution is -3.10. The van der Waals surface area contributed by atoms with Gasteiger partial charge in [0.25, 0.3) is 5.09 Å². The van der Waals surface area contributed by atoms with E-state index in [0.29, 0.717) is 18.2 Å². The van der Waals surface area contributed by atoms with E-state index in [9.17, 15) is 20.1 Å². The fraction of sp³-hybridized carbons (Fsp3) is 0.786. The summed E-state index contributed by atoms with van der Waals surface area (Å²) in [5.74, 6) is 0.453.